The second-order valence-corrected chi connectivity index (χ2v) is 9.53. The van der Waals surface area contributed by atoms with E-state index < -0.39 is 5.41 Å². The van der Waals surface area contributed by atoms with E-state index in [-0.39, 0.29) is 11.8 Å². The van der Waals surface area contributed by atoms with Crippen molar-refractivity contribution in [3.05, 3.63) is 36.3 Å². The number of rotatable bonds is 3. The molecule has 4 heterocycles. The van der Waals surface area contributed by atoms with Crippen LogP contribution in [0.3, 0.4) is 0 Å². The number of nitrogen functional groups attached to an aromatic ring is 1. The van der Waals surface area contributed by atoms with E-state index in [4.69, 9.17) is 10.7 Å². The molecule has 4 aromatic rings. The summed E-state index contributed by atoms with van der Waals surface area (Å²) in [4.78, 5) is 28.1. The number of anilines is 1. The molecule has 34 heavy (non-hydrogen) atoms. The van der Waals surface area contributed by atoms with Gasteiger partial charge in [-0.1, -0.05) is 18.9 Å². The Hall–Kier alpha value is -3.93. The van der Waals surface area contributed by atoms with Crippen molar-refractivity contribution in [3.63, 3.8) is 0 Å². The molecule has 1 saturated heterocycles. The fraction of sp³-hybridized carbons (Fsp3) is 0.400. The van der Waals surface area contributed by atoms with Crippen LogP contribution in [0.15, 0.2) is 30.5 Å². The lowest BCUT2D eigenvalue weighted by Crippen LogP contribution is -2.46. The SMILES string of the molecule is N#CC1(C(=O)N2CCC[C@@H](c3nc4c(N)nc5cc(-c6cc[nH]n6)ccc5c4[nH]3)C2)CCCC1. The van der Waals surface area contributed by atoms with Crippen LogP contribution >= 0.6 is 0 Å². The smallest absolute Gasteiger partial charge is 0.243 e. The molecule has 9 heteroatoms. The van der Waals surface area contributed by atoms with Gasteiger partial charge in [0.05, 0.1) is 22.8 Å². The number of nitrogens with two attached hydrogens (primary N) is 1. The summed E-state index contributed by atoms with van der Waals surface area (Å²) in [6.45, 7) is 1.26. The molecule has 0 spiro atoms. The molecule has 0 bridgehead atoms. The zero-order valence-corrected chi connectivity index (χ0v) is 18.8. The number of pyridine rings is 1. The molecule has 6 rings (SSSR count). The highest BCUT2D eigenvalue weighted by atomic mass is 16.2. The molecule has 0 radical (unpaired) electrons. The fourth-order valence-corrected chi connectivity index (χ4v) is 5.60. The summed E-state index contributed by atoms with van der Waals surface area (Å²) in [5.74, 6) is 1.26. The predicted molar refractivity (Wildman–Crippen MR) is 128 cm³/mol. The summed E-state index contributed by atoms with van der Waals surface area (Å²) >= 11 is 0. The van der Waals surface area contributed by atoms with Crippen molar-refractivity contribution < 1.29 is 4.79 Å². The van der Waals surface area contributed by atoms with Crippen LogP contribution in [-0.4, -0.2) is 49.0 Å². The van der Waals surface area contributed by atoms with Crippen LogP contribution in [0.4, 0.5) is 5.82 Å². The van der Waals surface area contributed by atoms with Crippen LogP contribution in [0.25, 0.3) is 33.2 Å². The van der Waals surface area contributed by atoms with Crippen LogP contribution in [0, 0.1) is 16.7 Å². The number of nitrogens with one attached hydrogen (secondary N) is 2. The van der Waals surface area contributed by atoms with Crippen molar-refractivity contribution in [2.24, 2.45) is 5.41 Å². The number of aromatic amines is 2. The van der Waals surface area contributed by atoms with Crippen LogP contribution in [0.2, 0.25) is 0 Å². The summed E-state index contributed by atoms with van der Waals surface area (Å²) in [6.07, 6.45) is 6.83. The van der Waals surface area contributed by atoms with E-state index in [0.29, 0.717) is 37.3 Å². The van der Waals surface area contributed by atoms with Crippen LogP contribution < -0.4 is 5.73 Å². The van der Waals surface area contributed by atoms with Gasteiger partial charge in [-0.05, 0) is 43.9 Å². The van der Waals surface area contributed by atoms with E-state index in [1.165, 1.54) is 0 Å². The van der Waals surface area contributed by atoms with Crippen molar-refractivity contribution in [1.29, 1.82) is 5.26 Å². The second kappa shape index (κ2) is 7.83. The first-order valence-electron chi connectivity index (χ1n) is 11.9. The molecular weight excluding hydrogens is 428 g/mol. The Morgan fingerprint density at radius 2 is 2.06 bits per heavy atom. The summed E-state index contributed by atoms with van der Waals surface area (Å²) in [5, 5.41) is 17.8. The molecule has 1 aliphatic carbocycles. The highest BCUT2D eigenvalue weighted by Gasteiger charge is 2.45. The molecule has 2 fully saturated rings. The van der Waals surface area contributed by atoms with Crippen LogP contribution in [0.1, 0.15) is 50.3 Å². The minimum Gasteiger partial charge on any atom is -0.382 e. The highest BCUT2D eigenvalue weighted by molar-refractivity contribution is 6.07. The van der Waals surface area contributed by atoms with Crippen molar-refractivity contribution in [2.45, 2.75) is 44.4 Å². The summed E-state index contributed by atoms with van der Waals surface area (Å²) < 4.78 is 0. The Kier molecular flexibility index (Phi) is 4.76. The summed E-state index contributed by atoms with van der Waals surface area (Å²) in [6, 6.07) is 10.3. The highest BCUT2D eigenvalue weighted by Crippen LogP contribution is 2.41. The lowest BCUT2D eigenvalue weighted by atomic mass is 9.85. The molecule has 1 aliphatic heterocycles. The monoisotopic (exact) mass is 454 g/mol. The van der Waals surface area contributed by atoms with E-state index in [1.54, 1.807) is 6.20 Å². The first kappa shape index (κ1) is 20.7. The van der Waals surface area contributed by atoms with Gasteiger partial charge in [-0.2, -0.15) is 10.4 Å². The molecule has 4 N–H and O–H groups in total. The normalized spacial score (nSPS) is 20.1. The maximum atomic E-state index is 13.3. The van der Waals surface area contributed by atoms with Gasteiger partial charge >= 0.3 is 0 Å². The third kappa shape index (κ3) is 3.21. The van der Waals surface area contributed by atoms with Gasteiger partial charge in [0.2, 0.25) is 5.91 Å². The number of nitriles is 1. The van der Waals surface area contributed by atoms with Gasteiger partial charge in [-0.15, -0.1) is 0 Å². The predicted octanol–water partition coefficient (Wildman–Crippen LogP) is 3.87. The largest absolute Gasteiger partial charge is 0.382 e. The number of aromatic nitrogens is 5. The fourth-order valence-electron chi connectivity index (χ4n) is 5.60. The average molecular weight is 455 g/mol. The molecule has 1 saturated carbocycles. The maximum Gasteiger partial charge on any atom is 0.243 e. The van der Waals surface area contributed by atoms with Gasteiger partial charge in [-0.3, -0.25) is 9.89 Å². The van der Waals surface area contributed by atoms with Crippen LogP contribution in [-0.2, 0) is 4.79 Å². The number of carbonyl (C=O) groups is 1. The second-order valence-electron chi connectivity index (χ2n) is 9.53. The zero-order chi connectivity index (χ0) is 23.3. The van der Waals surface area contributed by atoms with Crippen molar-refractivity contribution in [3.8, 4) is 17.3 Å². The van der Waals surface area contributed by atoms with Gasteiger partial charge < -0.3 is 15.6 Å². The minimum absolute atomic E-state index is 0.00848. The quantitative estimate of drug-likeness (QED) is 0.429. The van der Waals surface area contributed by atoms with E-state index in [2.05, 4.69) is 26.2 Å². The number of fused-ring (bicyclic) bond motifs is 3. The number of imidazole rings is 1. The Morgan fingerprint density at radius 3 is 2.82 bits per heavy atom. The van der Waals surface area contributed by atoms with E-state index in [9.17, 15) is 10.1 Å². The van der Waals surface area contributed by atoms with E-state index in [1.807, 2.05) is 29.2 Å². The van der Waals surface area contributed by atoms with Crippen molar-refractivity contribution >= 4 is 33.7 Å². The maximum absolute atomic E-state index is 13.3. The Bertz CT molecular complexity index is 1420. The van der Waals surface area contributed by atoms with Crippen LogP contribution in [0.5, 0.6) is 0 Å². The molecular formula is C25H26N8O. The third-order valence-corrected chi connectivity index (χ3v) is 7.45. The molecule has 3 aromatic heterocycles. The van der Waals surface area contributed by atoms with Gasteiger partial charge in [0.1, 0.15) is 16.8 Å². The number of likely N-dealkylation sites (tertiary alicyclic amines) is 1. The van der Waals surface area contributed by atoms with Gasteiger partial charge in [0, 0.05) is 36.2 Å². The number of benzene rings is 1. The van der Waals surface area contributed by atoms with Crippen molar-refractivity contribution in [1.82, 2.24) is 30.0 Å². The van der Waals surface area contributed by atoms with E-state index >= 15 is 0 Å². The minimum atomic E-state index is -0.841. The molecule has 0 unspecified atom stereocenters. The lowest BCUT2D eigenvalue weighted by Gasteiger charge is -2.35. The molecule has 2 aliphatic rings. The van der Waals surface area contributed by atoms with E-state index in [0.717, 1.165) is 59.2 Å². The number of carbonyl (C=O) groups excluding carboxylic acids is 1. The standard InChI is InChI=1S/C25H26N8O/c26-14-25(8-1-2-9-25)24(34)33-11-3-4-16(13-33)23-30-20-17-6-5-15(18-7-10-28-32-18)12-19(17)29-22(27)21(20)31-23/h5-7,10,12,16H,1-4,8-9,11,13H2,(H2,27,29)(H,28,32)(H,30,31)/t16-/m1/s1. The Labute approximate surface area is 196 Å². The lowest BCUT2D eigenvalue weighted by molar-refractivity contribution is -0.140. The Morgan fingerprint density at radius 1 is 1.21 bits per heavy atom. The number of hydrogen-bond acceptors (Lipinski definition) is 6. The molecule has 9 nitrogen and oxygen atoms in total. The Balaban J connectivity index is 1.34. The first-order chi connectivity index (χ1) is 16.6. The number of piperidine rings is 1. The first-order valence-corrected chi connectivity index (χ1v) is 11.9. The van der Waals surface area contributed by atoms with Gasteiger partial charge in [0.15, 0.2) is 5.82 Å². The number of nitrogens with zero attached hydrogens (tertiary/aromatic N) is 5. The summed E-state index contributed by atoms with van der Waals surface area (Å²) in [5.41, 5.74) is 9.56. The molecule has 1 aromatic carbocycles. The number of hydrogen-bond donors (Lipinski definition) is 3. The molecule has 172 valence electrons. The number of H-pyrrole nitrogens is 2. The average Bonchev–Trinajstić information content (AvgIpc) is 3.64. The summed E-state index contributed by atoms with van der Waals surface area (Å²) in [7, 11) is 0. The topological polar surface area (TPSA) is 140 Å². The number of amides is 1. The third-order valence-electron chi connectivity index (χ3n) is 7.45. The van der Waals surface area contributed by atoms with Gasteiger partial charge in [0.25, 0.3) is 0 Å². The molecule has 1 amide bonds. The zero-order valence-electron chi connectivity index (χ0n) is 18.8. The van der Waals surface area contributed by atoms with Crippen molar-refractivity contribution in [2.75, 3.05) is 18.8 Å². The molecule has 1 atom stereocenters. The van der Waals surface area contributed by atoms with Gasteiger partial charge in [-0.25, -0.2) is 9.97 Å².